The van der Waals surface area contributed by atoms with Crippen LogP contribution < -0.4 is 4.72 Å². The molecule has 0 spiro atoms. The van der Waals surface area contributed by atoms with Crippen molar-refractivity contribution < 1.29 is 22.6 Å². The molecule has 0 heterocycles. The first-order valence-electron chi connectivity index (χ1n) is 7.43. The summed E-state index contributed by atoms with van der Waals surface area (Å²) < 4.78 is 36.8. The summed E-state index contributed by atoms with van der Waals surface area (Å²) in [6, 6.07) is 6.86. The van der Waals surface area contributed by atoms with E-state index in [9.17, 15) is 13.6 Å². The first-order chi connectivity index (χ1) is 11.3. The van der Waals surface area contributed by atoms with Crippen LogP contribution in [0, 0.1) is 6.92 Å². The third-order valence-corrected chi connectivity index (χ3v) is 6.36. The highest BCUT2D eigenvalue weighted by Gasteiger charge is 2.26. The average Bonchev–Trinajstić information content (AvgIpc) is 2.55. The van der Waals surface area contributed by atoms with Crippen molar-refractivity contribution in [2.45, 2.75) is 31.2 Å². The molecule has 0 aliphatic rings. The maximum Gasteiger partial charge on any atom is 0.337 e. The number of carbonyl (C=O) groups excluding carboxylic acids is 1. The predicted molar refractivity (Wildman–Crippen MR) is 95.4 cm³/mol. The summed E-state index contributed by atoms with van der Waals surface area (Å²) in [7, 11) is -2.36. The van der Waals surface area contributed by atoms with E-state index in [0.29, 0.717) is 4.90 Å². The van der Waals surface area contributed by atoms with E-state index >= 15 is 0 Å². The van der Waals surface area contributed by atoms with Gasteiger partial charge in [0.25, 0.3) is 0 Å². The van der Waals surface area contributed by atoms with Gasteiger partial charge in [-0.25, -0.2) is 8.93 Å². The number of ketones is 1. The summed E-state index contributed by atoms with van der Waals surface area (Å²) in [5.74, 6) is -0.293. The van der Waals surface area contributed by atoms with Crippen molar-refractivity contribution in [1.29, 1.82) is 0 Å². The first-order valence-corrected chi connectivity index (χ1v) is 10.3. The first kappa shape index (κ1) is 20.9. The maximum absolute atomic E-state index is 12.4. The average molecular weight is 373 g/mol. The van der Waals surface area contributed by atoms with Crippen LogP contribution in [0.25, 0.3) is 0 Å². The fraction of sp³-hybridized carbons (Fsp3) is 0.438. The predicted octanol–water partition coefficient (Wildman–Crippen LogP) is 3.00. The molecular weight excluding hydrogens is 349 g/mol. The molecule has 8 heteroatoms. The van der Waals surface area contributed by atoms with Crippen molar-refractivity contribution in [2.24, 2.45) is 0 Å². The smallest absolute Gasteiger partial charge is 0.312 e. The van der Waals surface area contributed by atoms with Crippen LogP contribution in [0.1, 0.15) is 18.9 Å². The molecular formula is C16H24NO5PS. The van der Waals surface area contributed by atoms with Gasteiger partial charge in [0.1, 0.15) is 22.9 Å². The second kappa shape index (κ2) is 10.0. The highest BCUT2D eigenvalue weighted by Crippen LogP contribution is 2.46. The van der Waals surface area contributed by atoms with Gasteiger partial charge < -0.3 is 9.05 Å². The van der Waals surface area contributed by atoms with Crippen LogP contribution in [-0.2, 0) is 29.4 Å². The van der Waals surface area contributed by atoms with E-state index in [1.807, 2.05) is 26.0 Å². The van der Waals surface area contributed by atoms with Gasteiger partial charge in [0.15, 0.2) is 0 Å². The van der Waals surface area contributed by atoms with Gasteiger partial charge >= 0.3 is 7.60 Å². The fourth-order valence-corrected chi connectivity index (χ4v) is 3.90. The van der Waals surface area contributed by atoms with Crippen LogP contribution in [0.2, 0.25) is 0 Å². The number of hydrogen-bond acceptors (Lipinski definition) is 5. The molecule has 0 saturated heterocycles. The van der Waals surface area contributed by atoms with Gasteiger partial charge in [-0.2, -0.15) is 0 Å². The standard InChI is InChI=1S/C16H24NO5PS/c1-5-6-14(11-15(18)12-23(19,21-3)22-4)17-24(20)16-9-7-13(2)8-10-16/h5-10,14,17H,11-12H2,1-4H3/b6-5+/t14-,24?/m0/s1. The van der Waals surface area contributed by atoms with E-state index in [1.165, 1.54) is 14.2 Å². The summed E-state index contributed by atoms with van der Waals surface area (Å²) in [6.45, 7) is 3.76. The lowest BCUT2D eigenvalue weighted by atomic mass is 10.1. The van der Waals surface area contributed by atoms with Crippen molar-refractivity contribution in [3.8, 4) is 0 Å². The van der Waals surface area contributed by atoms with Crippen molar-refractivity contribution in [1.82, 2.24) is 4.72 Å². The van der Waals surface area contributed by atoms with Gasteiger partial charge in [-0.1, -0.05) is 29.8 Å². The number of rotatable bonds is 10. The van der Waals surface area contributed by atoms with Gasteiger partial charge in [-0.3, -0.25) is 9.36 Å². The highest BCUT2D eigenvalue weighted by molar-refractivity contribution is 7.83. The van der Waals surface area contributed by atoms with Crippen LogP contribution in [0.3, 0.4) is 0 Å². The summed E-state index contributed by atoms with van der Waals surface area (Å²) in [6.07, 6.45) is 3.24. The molecule has 2 atom stereocenters. The molecule has 1 aromatic carbocycles. The zero-order valence-electron chi connectivity index (χ0n) is 14.4. The second-order valence-corrected chi connectivity index (χ2v) is 8.72. The Morgan fingerprint density at radius 2 is 1.88 bits per heavy atom. The lowest BCUT2D eigenvalue weighted by Gasteiger charge is -2.16. The summed E-state index contributed by atoms with van der Waals surface area (Å²) in [5.41, 5.74) is 1.07. The quantitative estimate of drug-likeness (QED) is 0.504. The third kappa shape index (κ3) is 6.79. The van der Waals surface area contributed by atoms with E-state index in [0.717, 1.165) is 5.56 Å². The van der Waals surface area contributed by atoms with Crippen LogP contribution >= 0.6 is 7.60 Å². The monoisotopic (exact) mass is 373 g/mol. The third-order valence-electron chi connectivity index (χ3n) is 3.29. The zero-order chi connectivity index (χ0) is 18.2. The topological polar surface area (TPSA) is 81.7 Å². The number of carbonyl (C=O) groups is 1. The molecule has 6 nitrogen and oxygen atoms in total. The molecule has 0 bridgehead atoms. The molecule has 0 saturated carbocycles. The summed E-state index contributed by atoms with van der Waals surface area (Å²) in [4.78, 5) is 12.7. The van der Waals surface area contributed by atoms with Crippen LogP contribution in [0.15, 0.2) is 41.3 Å². The maximum atomic E-state index is 12.4. The Morgan fingerprint density at radius 1 is 1.29 bits per heavy atom. The number of allylic oxidation sites excluding steroid dienone is 1. The minimum absolute atomic E-state index is 0.0403. The molecule has 24 heavy (non-hydrogen) atoms. The van der Waals surface area contributed by atoms with E-state index < -0.39 is 24.6 Å². The van der Waals surface area contributed by atoms with E-state index in [2.05, 4.69) is 4.72 Å². The fourth-order valence-electron chi connectivity index (χ4n) is 1.98. The number of nitrogens with one attached hydrogen (secondary N) is 1. The molecule has 0 amide bonds. The Balaban J connectivity index is 2.73. The number of hydrogen-bond donors (Lipinski definition) is 1. The van der Waals surface area contributed by atoms with Crippen LogP contribution in [0.5, 0.6) is 0 Å². The minimum atomic E-state index is -3.39. The Kier molecular flexibility index (Phi) is 8.73. The molecule has 134 valence electrons. The molecule has 1 N–H and O–H groups in total. The molecule has 1 rings (SSSR count). The van der Waals surface area contributed by atoms with Gasteiger partial charge in [-0.15, -0.1) is 0 Å². The molecule has 1 unspecified atom stereocenters. The lowest BCUT2D eigenvalue weighted by Crippen LogP contribution is -2.32. The second-order valence-electron chi connectivity index (χ2n) is 5.21. The van der Waals surface area contributed by atoms with E-state index in [-0.39, 0.29) is 18.4 Å². The molecule has 0 aliphatic heterocycles. The van der Waals surface area contributed by atoms with Crippen LogP contribution in [-0.4, -0.2) is 36.4 Å². The Morgan fingerprint density at radius 3 is 2.38 bits per heavy atom. The SMILES string of the molecule is C/C=C/[C@@H](CC(=O)CP(=O)(OC)OC)NS(=O)c1ccc(C)cc1. The number of benzene rings is 1. The molecule has 0 fully saturated rings. The summed E-state index contributed by atoms with van der Waals surface area (Å²) >= 11 is 0. The normalized spacial score (nSPS) is 14.7. The van der Waals surface area contributed by atoms with Crippen LogP contribution in [0.4, 0.5) is 0 Å². The zero-order valence-corrected chi connectivity index (χ0v) is 16.1. The summed E-state index contributed by atoms with van der Waals surface area (Å²) in [5, 5.41) is 0. The lowest BCUT2D eigenvalue weighted by molar-refractivity contribution is -0.117. The van der Waals surface area contributed by atoms with E-state index in [1.54, 1.807) is 24.3 Å². The van der Waals surface area contributed by atoms with E-state index in [4.69, 9.17) is 9.05 Å². The Bertz CT molecular complexity index is 636. The van der Waals surface area contributed by atoms with Crippen molar-refractivity contribution >= 4 is 24.4 Å². The molecule has 0 radical (unpaired) electrons. The Hall–Kier alpha value is -1.11. The van der Waals surface area contributed by atoms with Crippen molar-refractivity contribution in [2.75, 3.05) is 20.4 Å². The molecule has 1 aromatic rings. The molecule has 0 aliphatic carbocycles. The highest BCUT2D eigenvalue weighted by atomic mass is 32.2. The largest absolute Gasteiger partial charge is 0.337 e. The van der Waals surface area contributed by atoms with Gasteiger partial charge in [-0.05, 0) is 26.0 Å². The van der Waals surface area contributed by atoms with Gasteiger partial charge in [0.05, 0.1) is 4.90 Å². The molecule has 0 aromatic heterocycles. The van der Waals surface area contributed by atoms with Crippen molar-refractivity contribution in [3.63, 3.8) is 0 Å². The van der Waals surface area contributed by atoms with Gasteiger partial charge in [0, 0.05) is 26.7 Å². The number of aryl methyl sites for hydroxylation is 1. The van der Waals surface area contributed by atoms with Crippen molar-refractivity contribution in [3.05, 3.63) is 42.0 Å². The van der Waals surface area contributed by atoms with Gasteiger partial charge in [0.2, 0.25) is 0 Å². The Labute approximate surface area is 145 Å². The minimum Gasteiger partial charge on any atom is -0.312 e. The number of Topliss-reactive ketones (excluding diaryl/α,β-unsaturated/α-hetero) is 1.